The fourth-order valence-electron chi connectivity index (χ4n) is 4.21. The van der Waals surface area contributed by atoms with Crippen LogP contribution in [0.15, 0.2) is 66.9 Å². The predicted molar refractivity (Wildman–Crippen MR) is 130 cm³/mol. The Hall–Kier alpha value is -3.95. The molecule has 0 saturated carbocycles. The van der Waals surface area contributed by atoms with Gasteiger partial charge in [-0.3, -0.25) is 24.1 Å². The second-order valence-corrected chi connectivity index (χ2v) is 9.09. The van der Waals surface area contributed by atoms with E-state index >= 15 is 0 Å². The SMILES string of the molecule is CC(=O)N1C=C(c2ccccc2)N(CC(=O)NC(Cc2ccccc2)C(=O)C(F)(F)F)C(=O)C1C(C)C. The number of nitrogens with one attached hydrogen (secondary N) is 1. The normalized spacial score (nSPS) is 16.9. The Bertz CT molecular complexity index is 1180. The Balaban J connectivity index is 1.93. The van der Waals surface area contributed by atoms with Crippen LogP contribution in [0.3, 0.4) is 0 Å². The van der Waals surface area contributed by atoms with Gasteiger partial charge in [0.05, 0.1) is 5.70 Å². The number of amides is 3. The summed E-state index contributed by atoms with van der Waals surface area (Å²) in [5, 5.41) is 2.18. The van der Waals surface area contributed by atoms with Gasteiger partial charge in [0.2, 0.25) is 11.8 Å². The zero-order valence-electron chi connectivity index (χ0n) is 20.7. The van der Waals surface area contributed by atoms with Crippen LogP contribution in [-0.4, -0.2) is 58.1 Å². The lowest BCUT2D eigenvalue weighted by Crippen LogP contribution is -2.57. The molecule has 10 heteroatoms. The van der Waals surface area contributed by atoms with Gasteiger partial charge in [0.1, 0.15) is 18.6 Å². The maximum Gasteiger partial charge on any atom is 0.452 e. The number of rotatable bonds is 8. The van der Waals surface area contributed by atoms with Crippen LogP contribution in [0, 0.1) is 5.92 Å². The molecule has 0 bridgehead atoms. The van der Waals surface area contributed by atoms with Crippen LogP contribution in [0.25, 0.3) is 5.70 Å². The first kappa shape index (κ1) is 27.6. The van der Waals surface area contributed by atoms with E-state index in [-0.39, 0.29) is 23.9 Å². The lowest BCUT2D eigenvalue weighted by atomic mass is 9.97. The minimum atomic E-state index is -5.16. The molecule has 1 aliphatic heterocycles. The number of hydrogen-bond donors (Lipinski definition) is 1. The number of nitrogens with zero attached hydrogens (tertiary/aromatic N) is 2. The minimum Gasteiger partial charge on any atom is -0.344 e. The highest BCUT2D eigenvalue weighted by Gasteiger charge is 2.45. The highest BCUT2D eigenvalue weighted by Crippen LogP contribution is 2.30. The molecule has 1 N–H and O–H groups in total. The van der Waals surface area contributed by atoms with E-state index in [2.05, 4.69) is 5.32 Å². The number of benzene rings is 2. The van der Waals surface area contributed by atoms with E-state index in [4.69, 9.17) is 0 Å². The summed E-state index contributed by atoms with van der Waals surface area (Å²) < 4.78 is 39.9. The van der Waals surface area contributed by atoms with E-state index in [0.29, 0.717) is 11.1 Å². The molecule has 0 radical (unpaired) electrons. The molecule has 1 aliphatic rings. The van der Waals surface area contributed by atoms with Crippen molar-refractivity contribution in [3.63, 3.8) is 0 Å². The fraction of sp³-hybridized carbons (Fsp3) is 0.333. The van der Waals surface area contributed by atoms with Gasteiger partial charge in [-0.15, -0.1) is 0 Å². The Kier molecular flexibility index (Phi) is 8.52. The third-order valence-electron chi connectivity index (χ3n) is 5.95. The van der Waals surface area contributed by atoms with Crippen molar-refractivity contribution in [3.05, 3.63) is 78.0 Å². The van der Waals surface area contributed by atoms with Crippen LogP contribution in [0.5, 0.6) is 0 Å². The molecule has 0 aromatic heterocycles. The Morgan fingerprint density at radius 1 is 0.973 bits per heavy atom. The third-order valence-corrected chi connectivity index (χ3v) is 5.95. The highest BCUT2D eigenvalue weighted by molar-refractivity contribution is 6.00. The van der Waals surface area contributed by atoms with Crippen LogP contribution < -0.4 is 5.32 Å². The first-order valence-corrected chi connectivity index (χ1v) is 11.7. The molecule has 2 aromatic rings. The summed E-state index contributed by atoms with van der Waals surface area (Å²) >= 11 is 0. The first-order valence-electron chi connectivity index (χ1n) is 11.7. The minimum absolute atomic E-state index is 0.245. The maximum atomic E-state index is 13.5. The average molecular weight is 516 g/mol. The molecule has 2 aromatic carbocycles. The highest BCUT2D eigenvalue weighted by atomic mass is 19.4. The van der Waals surface area contributed by atoms with Crippen LogP contribution in [0.1, 0.15) is 31.9 Å². The molecule has 0 fully saturated rings. The Labute approximate surface area is 212 Å². The van der Waals surface area contributed by atoms with Gasteiger partial charge in [-0.05, 0) is 17.0 Å². The van der Waals surface area contributed by atoms with Crippen molar-refractivity contribution in [2.45, 2.75) is 45.5 Å². The lowest BCUT2D eigenvalue weighted by Gasteiger charge is -2.40. The van der Waals surface area contributed by atoms with Crippen LogP contribution in [0.2, 0.25) is 0 Å². The van der Waals surface area contributed by atoms with Crippen LogP contribution in [0.4, 0.5) is 13.2 Å². The molecule has 7 nitrogen and oxygen atoms in total. The summed E-state index contributed by atoms with van der Waals surface area (Å²) in [6.07, 6.45) is -4.06. The molecule has 2 atom stereocenters. The maximum absolute atomic E-state index is 13.5. The number of ketones is 1. The number of hydrogen-bond acceptors (Lipinski definition) is 4. The van der Waals surface area contributed by atoms with Gasteiger partial charge >= 0.3 is 6.18 Å². The Morgan fingerprint density at radius 3 is 2.05 bits per heavy atom. The molecule has 0 aliphatic carbocycles. The first-order chi connectivity index (χ1) is 17.4. The van der Waals surface area contributed by atoms with Crippen LogP contribution >= 0.6 is 0 Å². The molecular formula is C27H28F3N3O4. The van der Waals surface area contributed by atoms with Crippen molar-refractivity contribution in [1.29, 1.82) is 0 Å². The second-order valence-electron chi connectivity index (χ2n) is 9.09. The van der Waals surface area contributed by atoms with Gasteiger partial charge in [0, 0.05) is 19.5 Å². The predicted octanol–water partition coefficient (Wildman–Crippen LogP) is 3.56. The van der Waals surface area contributed by atoms with Crippen molar-refractivity contribution in [2.24, 2.45) is 5.92 Å². The Morgan fingerprint density at radius 2 is 1.54 bits per heavy atom. The largest absolute Gasteiger partial charge is 0.452 e. The van der Waals surface area contributed by atoms with E-state index in [1.807, 2.05) is 0 Å². The molecule has 2 unspecified atom stereocenters. The van der Waals surface area contributed by atoms with Crippen LogP contribution in [-0.2, 0) is 25.6 Å². The fourth-order valence-corrected chi connectivity index (χ4v) is 4.21. The average Bonchev–Trinajstić information content (AvgIpc) is 2.84. The number of alkyl halides is 3. The van der Waals surface area contributed by atoms with Gasteiger partial charge in [0.25, 0.3) is 11.7 Å². The van der Waals surface area contributed by atoms with Gasteiger partial charge in [-0.2, -0.15) is 13.2 Å². The molecule has 0 spiro atoms. The van der Waals surface area contributed by atoms with E-state index in [1.54, 1.807) is 74.5 Å². The number of halogens is 3. The summed E-state index contributed by atoms with van der Waals surface area (Å²) in [5.74, 6) is -4.26. The van der Waals surface area contributed by atoms with Crippen molar-refractivity contribution in [3.8, 4) is 0 Å². The standard InChI is InChI=1S/C27H28F3N3O4/c1-17(2)24-26(37)33(22(15-32(24)18(3)34)20-12-8-5-9-13-20)16-23(35)31-21(25(36)27(28,29)30)14-19-10-6-4-7-11-19/h4-13,15,17,21,24H,14,16H2,1-3H3,(H,31,35). The summed E-state index contributed by atoms with van der Waals surface area (Å²) in [7, 11) is 0. The van der Waals surface area contributed by atoms with E-state index < -0.39 is 42.4 Å². The molecular weight excluding hydrogens is 487 g/mol. The topological polar surface area (TPSA) is 86.8 Å². The molecule has 3 rings (SSSR count). The zero-order chi connectivity index (χ0) is 27.3. The monoisotopic (exact) mass is 515 g/mol. The van der Waals surface area contributed by atoms with E-state index in [1.165, 1.54) is 18.0 Å². The van der Waals surface area contributed by atoms with E-state index in [9.17, 15) is 32.3 Å². The lowest BCUT2D eigenvalue weighted by molar-refractivity contribution is -0.173. The van der Waals surface area contributed by atoms with Gasteiger partial charge < -0.3 is 10.2 Å². The third kappa shape index (κ3) is 6.63. The second kappa shape index (κ2) is 11.4. The number of carbonyl (C=O) groups excluding carboxylic acids is 4. The molecule has 1 heterocycles. The van der Waals surface area contributed by atoms with Crippen molar-refractivity contribution in [2.75, 3.05) is 6.54 Å². The quantitative estimate of drug-likeness (QED) is 0.583. The van der Waals surface area contributed by atoms with Crippen molar-refractivity contribution >= 4 is 29.2 Å². The zero-order valence-corrected chi connectivity index (χ0v) is 20.7. The summed E-state index contributed by atoms with van der Waals surface area (Å²) in [5.41, 5.74) is 1.21. The van der Waals surface area contributed by atoms with Crippen molar-refractivity contribution < 1.29 is 32.3 Å². The smallest absolute Gasteiger partial charge is 0.344 e. The molecule has 37 heavy (non-hydrogen) atoms. The number of carbonyl (C=O) groups is 4. The summed E-state index contributed by atoms with van der Waals surface area (Å²) in [6.45, 7) is 4.18. The van der Waals surface area contributed by atoms with Gasteiger partial charge in [-0.1, -0.05) is 74.5 Å². The molecule has 0 saturated heterocycles. The van der Waals surface area contributed by atoms with Gasteiger partial charge in [0.15, 0.2) is 0 Å². The summed E-state index contributed by atoms with van der Waals surface area (Å²) in [6, 6.07) is 13.8. The van der Waals surface area contributed by atoms with Gasteiger partial charge in [-0.25, -0.2) is 0 Å². The summed E-state index contributed by atoms with van der Waals surface area (Å²) in [4.78, 5) is 53.5. The van der Waals surface area contributed by atoms with E-state index in [0.717, 1.165) is 4.90 Å². The van der Waals surface area contributed by atoms with Crippen molar-refractivity contribution in [1.82, 2.24) is 15.1 Å². The molecule has 3 amide bonds. The number of Topliss-reactive ketones (excluding diaryl/α,β-unsaturated/α-hetero) is 1. The molecule has 196 valence electrons.